The summed E-state index contributed by atoms with van der Waals surface area (Å²) < 4.78 is 5.16. The molecule has 0 aromatic rings. The lowest BCUT2D eigenvalue weighted by atomic mass is 10.2. The van der Waals surface area contributed by atoms with E-state index in [1.54, 1.807) is 7.05 Å². The molecule has 0 spiro atoms. The van der Waals surface area contributed by atoms with Gasteiger partial charge in [-0.05, 0) is 46.5 Å². The Bertz CT molecular complexity index is 456. The van der Waals surface area contributed by atoms with Gasteiger partial charge in [0.15, 0.2) is 5.96 Å². The van der Waals surface area contributed by atoms with Crippen molar-refractivity contribution in [2.75, 3.05) is 26.7 Å². The lowest BCUT2D eigenvalue weighted by Gasteiger charge is -2.19. The second-order valence-electron chi connectivity index (χ2n) is 7.15. The Kier molecular flexibility index (Phi) is 9.08. The van der Waals surface area contributed by atoms with Gasteiger partial charge in [-0.1, -0.05) is 0 Å². The van der Waals surface area contributed by atoms with Crippen LogP contribution in [0.2, 0.25) is 0 Å². The van der Waals surface area contributed by atoms with Gasteiger partial charge in [0.25, 0.3) is 0 Å². The maximum Gasteiger partial charge on any atom is 0.407 e. The van der Waals surface area contributed by atoms with Gasteiger partial charge in [0.1, 0.15) is 5.60 Å². The third-order valence-electron chi connectivity index (χ3n) is 3.35. The number of aliphatic imine (C=N–C) groups is 1. The van der Waals surface area contributed by atoms with Gasteiger partial charge in [-0.2, -0.15) is 0 Å². The zero-order valence-electron chi connectivity index (χ0n) is 15.9. The number of nitrogens with zero attached hydrogens (tertiary/aromatic N) is 1. The molecule has 0 aromatic carbocycles. The zero-order valence-corrected chi connectivity index (χ0v) is 15.9. The Labute approximate surface area is 150 Å². The van der Waals surface area contributed by atoms with Crippen LogP contribution < -0.4 is 21.3 Å². The minimum absolute atomic E-state index is 0.125. The molecule has 0 aliphatic heterocycles. The maximum atomic E-state index is 11.6. The van der Waals surface area contributed by atoms with Gasteiger partial charge < -0.3 is 26.0 Å². The molecule has 2 amide bonds. The van der Waals surface area contributed by atoms with Crippen molar-refractivity contribution in [3.63, 3.8) is 0 Å². The number of nitrogens with one attached hydrogen (secondary N) is 4. The van der Waals surface area contributed by atoms with Crippen LogP contribution in [0.5, 0.6) is 0 Å². The molecule has 0 radical (unpaired) electrons. The molecule has 4 N–H and O–H groups in total. The Morgan fingerprint density at radius 2 is 1.64 bits per heavy atom. The van der Waals surface area contributed by atoms with Crippen LogP contribution >= 0.6 is 0 Å². The van der Waals surface area contributed by atoms with Gasteiger partial charge in [0.05, 0.1) is 0 Å². The van der Waals surface area contributed by atoms with Crippen molar-refractivity contribution in [2.24, 2.45) is 4.99 Å². The van der Waals surface area contributed by atoms with Crippen LogP contribution in [-0.4, -0.2) is 56.3 Å². The summed E-state index contributed by atoms with van der Waals surface area (Å²) in [5.41, 5.74) is -0.482. The van der Waals surface area contributed by atoms with E-state index in [4.69, 9.17) is 4.74 Å². The molecule has 0 atom stereocenters. The normalized spacial score (nSPS) is 14.6. The fourth-order valence-corrected chi connectivity index (χ4v) is 2.00. The van der Waals surface area contributed by atoms with E-state index in [0.717, 1.165) is 25.7 Å². The number of guanidine groups is 1. The first kappa shape index (κ1) is 21.1. The van der Waals surface area contributed by atoms with Crippen LogP contribution in [0.4, 0.5) is 4.79 Å². The van der Waals surface area contributed by atoms with Crippen LogP contribution in [0.1, 0.15) is 52.9 Å². The molecule has 1 aliphatic carbocycles. The second kappa shape index (κ2) is 10.8. The molecule has 0 aromatic heterocycles. The highest BCUT2D eigenvalue weighted by atomic mass is 16.6. The van der Waals surface area contributed by atoms with Crippen molar-refractivity contribution >= 4 is 18.0 Å². The first-order chi connectivity index (χ1) is 11.8. The van der Waals surface area contributed by atoms with E-state index >= 15 is 0 Å². The Morgan fingerprint density at radius 3 is 2.20 bits per heavy atom. The fourth-order valence-electron chi connectivity index (χ4n) is 2.00. The minimum Gasteiger partial charge on any atom is -0.444 e. The molecule has 25 heavy (non-hydrogen) atoms. The number of ether oxygens (including phenoxy) is 1. The topological polar surface area (TPSA) is 104 Å². The monoisotopic (exact) mass is 355 g/mol. The molecule has 0 heterocycles. The van der Waals surface area contributed by atoms with E-state index < -0.39 is 11.7 Å². The summed E-state index contributed by atoms with van der Waals surface area (Å²) in [5, 5.41) is 12.0. The third-order valence-corrected chi connectivity index (χ3v) is 3.35. The van der Waals surface area contributed by atoms with Crippen LogP contribution in [0.25, 0.3) is 0 Å². The predicted octanol–water partition coefficient (Wildman–Crippen LogP) is 1.12. The SMILES string of the molecule is CN=C(NCCCNC(=O)OC(C)(C)C)NCCCC(=O)NC1CC1. The standard InChI is InChI=1S/C17H33N5O3/c1-17(2,3)25-16(24)21-12-6-11-20-15(18-4)19-10-5-7-14(23)22-13-8-9-13/h13H,5-12H2,1-4H3,(H,21,24)(H,22,23)(H2,18,19,20). The number of alkyl carbamates (subject to hydrolysis) is 1. The second-order valence-corrected chi connectivity index (χ2v) is 7.15. The number of hydrogen-bond donors (Lipinski definition) is 4. The molecule has 0 bridgehead atoms. The van der Waals surface area contributed by atoms with Crippen molar-refractivity contribution in [3.05, 3.63) is 0 Å². The van der Waals surface area contributed by atoms with Crippen molar-refractivity contribution in [3.8, 4) is 0 Å². The van der Waals surface area contributed by atoms with Gasteiger partial charge in [0.2, 0.25) is 5.91 Å². The smallest absolute Gasteiger partial charge is 0.407 e. The highest BCUT2D eigenvalue weighted by molar-refractivity contribution is 5.80. The van der Waals surface area contributed by atoms with Crippen LogP contribution in [0, 0.1) is 0 Å². The number of carbonyl (C=O) groups is 2. The van der Waals surface area contributed by atoms with Crippen molar-refractivity contribution in [2.45, 2.75) is 64.5 Å². The summed E-state index contributed by atoms with van der Waals surface area (Å²) in [7, 11) is 1.70. The summed E-state index contributed by atoms with van der Waals surface area (Å²) >= 11 is 0. The summed E-state index contributed by atoms with van der Waals surface area (Å²) in [4.78, 5) is 27.2. The van der Waals surface area contributed by atoms with E-state index in [2.05, 4.69) is 26.3 Å². The maximum absolute atomic E-state index is 11.6. The quantitative estimate of drug-likeness (QED) is 0.282. The molecule has 0 unspecified atom stereocenters. The highest BCUT2D eigenvalue weighted by Crippen LogP contribution is 2.18. The van der Waals surface area contributed by atoms with Crippen molar-refractivity contribution in [1.29, 1.82) is 0 Å². The van der Waals surface area contributed by atoms with Gasteiger partial charge in [-0.25, -0.2) is 4.79 Å². The summed E-state index contributed by atoms with van der Waals surface area (Å²) in [6, 6.07) is 0.421. The van der Waals surface area contributed by atoms with E-state index in [0.29, 0.717) is 38.1 Å². The van der Waals surface area contributed by atoms with Crippen molar-refractivity contribution < 1.29 is 14.3 Å². The lowest BCUT2D eigenvalue weighted by molar-refractivity contribution is -0.121. The third kappa shape index (κ3) is 12.1. The van der Waals surface area contributed by atoms with E-state index in [1.165, 1.54) is 0 Å². The predicted molar refractivity (Wildman–Crippen MR) is 98.6 cm³/mol. The molecular weight excluding hydrogens is 322 g/mol. The van der Waals surface area contributed by atoms with Crippen LogP contribution in [0.3, 0.4) is 0 Å². The Hall–Kier alpha value is -1.99. The molecule has 144 valence electrons. The number of rotatable bonds is 9. The van der Waals surface area contributed by atoms with E-state index in [1.807, 2.05) is 20.8 Å². The highest BCUT2D eigenvalue weighted by Gasteiger charge is 2.22. The summed E-state index contributed by atoms with van der Waals surface area (Å²) in [6.45, 7) is 7.39. The van der Waals surface area contributed by atoms with Crippen LogP contribution in [-0.2, 0) is 9.53 Å². The van der Waals surface area contributed by atoms with E-state index in [-0.39, 0.29) is 5.91 Å². The van der Waals surface area contributed by atoms with Gasteiger partial charge in [-0.3, -0.25) is 9.79 Å². The average molecular weight is 355 g/mol. The molecule has 1 aliphatic rings. The number of carbonyl (C=O) groups excluding carboxylic acids is 2. The van der Waals surface area contributed by atoms with Gasteiger partial charge in [0, 0.05) is 39.1 Å². The van der Waals surface area contributed by atoms with Gasteiger partial charge >= 0.3 is 6.09 Å². The van der Waals surface area contributed by atoms with Crippen molar-refractivity contribution in [1.82, 2.24) is 21.3 Å². The number of hydrogen-bond acceptors (Lipinski definition) is 4. The minimum atomic E-state index is -0.482. The largest absolute Gasteiger partial charge is 0.444 e. The first-order valence-corrected chi connectivity index (χ1v) is 9.01. The lowest BCUT2D eigenvalue weighted by Crippen LogP contribution is -2.40. The first-order valence-electron chi connectivity index (χ1n) is 9.01. The molecule has 1 rings (SSSR count). The van der Waals surface area contributed by atoms with E-state index in [9.17, 15) is 9.59 Å². The summed E-state index contributed by atoms with van der Waals surface area (Å²) in [5.74, 6) is 0.820. The zero-order chi connectivity index (χ0) is 18.7. The number of amides is 2. The average Bonchev–Trinajstić information content (AvgIpc) is 3.31. The molecular formula is C17H33N5O3. The van der Waals surface area contributed by atoms with Gasteiger partial charge in [-0.15, -0.1) is 0 Å². The molecule has 1 saturated carbocycles. The Morgan fingerprint density at radius 1 is 1.04 bits per heavy atom. The Balaban J connectivity index is 2.00. The summed E-state index contributed by atoms with van der Waals surface area (Å²) in [6.07, 6.45) is 3.87. The molecule has 8 heteroatoms. The molecule has 0 saturated heterocycles. The van der Waals surface area contributed by atoms with Crippen LogP contribution in [0.15, 0.2) is 4.99 Å². The molecule has 8 nitrogen and oxygen atoms in total. The molecule has 1 fully saturated rings. The fraction of sp³-hybridized carbons (Fsp3) is 0.824.